The number of anilines is 1. The van der Waals surface area contributed by atoms with Crippen LogP contribution in [-0.4, -0.2) is 39.9 Å². The zero-order valence-corrected chi connectivity index (χ0v) is 15.9. The van der Waals surface area contributed by atoms with Crippen molar-refractivity contribution in [2.75, 3.05) is 18.9 Å². The van der Waals surface area contributed by atoms with Gasteiger partial charge in [-0.1, -0.05) is 60.7 Å². The number of benzene rings is 2. The third kappa shape index (κ3) is 5.87. The molecule has 1 amide bonds. The van der Waals surface area contributed by atoms with Crippen molar-refractivity contribution >= 4 is 17.7 Å². The number of nitrogens with zero attached hydrogens (tertiary/aromatic N) is 3. The lowest BCUT2D eigenvalue weighted by atomic mass is 10.1. The first-order valence-electron chi connectivity index (χ1n) is 9.22. The van der Waals surface area contributed by atoms with Crippen LogP contribution in [0, 0.1) is 0 Å². The molecule has 0 atom stereocenters. The summed E-state index contributed by atoms with van der Waals surface area (Å²) in [5.74, 6) is -1.09. The van der Waals surface area contributed by atoms with Gasteiger partial charge in [-0.25, -0.2) is 14.8 Å². The average Bonchev–Trinajstić information content (AvgIpc) is 2.76. The molecule has 0 saturated carbocycles. The largest absolute Gasteiger partial charge is 0.451 e. The molecule has 0 aliphatic heterocycles. The van der Waals surface area contributed by atoms with Crippen LogP contribution in [0.15, 0.2) is 73.1 Å². The molecule has 0 saturated heterocycles. The van der Waals surface area contributed by atoms with Crippen LogP contribution in [0.1, 0.15) is 21.6 Å². The first kappa shape index (κ1) is 20.0. The van der Waals surface area contributed by atoms with Crippen molar-refractivity contribution in [1.82, 2.24) is 14.9 Å². The number of rotatable bonds is 8. The lowest BCUT2D eigenvalue weighted by molar-refractivity contribution is -0.135. The number of aromatic nitrogens is 2. The molecule has 1 heterocycles. The van der Waals surface area contributed by atoms with Crippen molar-refractivity contribution in [1.29, 1.82) is 0 Å². The van der Waals surface area contributed by atoms with Crippen LogP contribution in [0.4, 0.5) is 5.82 Å². The van der Waals surface area contributed by atoms with Crippen LogP contribution in [0.25, 0.3) is 0 Å². The Labute approximate surface area is 169 Å². The number of carbonyl (C=O) groups is 2. The molecule has 0 aliphatic carbocycles. The topological polar surface area (TPSA) is 98.4 Å². The van der Waals surface area contributed by atoms with Crippen molar-refractivity contribution < 1.29 is 14.3 Å². The number of amides is 1. The van der Waals surface area contributed by atoms with Crippen molar-refractivity contribution in [2.45, 2.75) is 13.0 Å². The highest BCUT2D eigenvalue weighted by molar-refractivity contribution is 5.93. The summed E-state index contributed by atoms with van der Waals surface area (Å²) < 4.78 is 5.13. The summed E-state index contributed by atoms with van der Waals surface area (Å²) in [6, 6.07) is 19.6. The lowest BCUT2D eigenvalue weighted by Gasteiger charge is -2.23. The summed E-state index contributed by atoms with van der Waals surface area (Å²) in [4.78, 5) is 34.3. The molecule has 148 valence electrons. The smallest absolute Gasteiger partial charge is 0.361 e. The van der Waals surface area contributed by atoms with Gasteiger partial charge in [0.05, 0.1) is 0 Å². The Morgan fingerprint density at radius 1 is 0.897 bits per heavy atom. The number of esters is 1. The van der Waals surface area contributed by atoms with E-state index >= 15 is 0 Å². The van der Waals surface area contributed by atoms with Gasteiger partial charge in [0.2, 0.25) is 0 Å². The summed E-state index contributed by atoms with van der Waals surface area (Å²) in [6.45, 7) is 0.538. The van der Waals surface area contributed by atoms with E-state index in [1.54, 1.807) is 4.90 Å². The normalized spacial score (nSPS) is 10.3. The van der Waals surface area contributed by atoms with Crippen molar-refractivity contribution in [2.24, 2.45) is 0 Å². The standard InChI is InChI=1S/C22H22N4O3/c23-21-20(24-12-13-25-21)22(28)29-16-19(27)26(15-18-9-5-2-6-10-18)14-11-17-7-3-1-4-8-17/h1-10,12-13H,11,14-16H2,(H2,23,25). The Morgan fingerprint density at radius 3 is 2.17 bits per heavy atom. The zero-order chi connectivity index (χ0) is 20.5. The van der Waals surface area contributed by atoms with Crippen LogP contribution in [0.2, 0.25) is 0 Å². The van der Waals surface area contributed by atoms with E-state index in [0.29, 0.717) is 19.5 Å². The van der Waals surface area contributed by atoms with Gasteiger partial charge in [0, 0.05) is 25.5 Å². The van der Waals surface area contributed by atoms with Gasteiger partial charge < -0.3 is 15.4 Å². The Balaban J connectivity index is 1.64. The number of nitrogen functional groups attached to an aromatic ring is 1. The van der Waals surface area contributed by atoms with Gasteiger partial charge in [-0.2, -0.15) is 0 Å². The van der Waals surface area contributed by atoms with Crippen LogP contribution >= 0.6 is 0 Å². The molecule has 0 radical (unpaired) electrons. The van der Waals surface area contributed by atoms with E-state index < -0.39 is 12.6 Å². The second-order valence-corrected chi connectivity index (χ2v) is 6.40. The van der Waals surface area contributed by atoms with E-state index in [0.717, 1.165) is 11.1 Å². The molecule has 7 heteroatoms. The lowest BCUT2D eigenvalue weighted by Crippen LogP contribution is -2.36. The number of carbonyl (C=O) groups excluding carboxylic acids is 2. The fourth-order valence-electron chi connectivity index (χ4n) is 2.80. The van der Waals surface area contributed by atoms with E-state index in [4.69, 9.17) is 10.5 Å². The number of nitrogens with two attached hydrogens (primary N) is 1. The fraction of sp³-hybridized carbons (Fsp3) is 0.182. The molecular formula is C22H22N4O3. The predicted octanol–water partition coefficient (Wildman–Crippen LogP) is 2.49. The maximum absolute atomic E-state index is 12.8. The minimum Gasteiger partial charge on any atom is -0.451 e. The Kier molecular flexibility index (Phi) is 6.89. The summed E-state index contributed by atoms with van der Waals surface area (Å²) in [7, 11) is 0. The molecule has 29 heavy (non-hydrogen) atoms. The van der Waals surface area contributed by atoms with Gasteiger partial charge in [0.25, 0.3) is 5.91 Å². The van der Waals surface area contributed by atoms with Crippen molar-refractivity contribution in [3.8, 4) is 0 Å². The molecule has 0 bridgehead atoms. The van der Waals surface area contributed by atoms with Crippen molar-refractivity contribution in [3.63, 3.8) is 0 Å². The third-order valence-electron chi connectivity index (χ3n) is 4.33. The fourth-order valence-corrected chi connectivity index (χ4v) is 2.80. The molecule has 2 N–H and O–H groups in total. The van der Waals surface area contributed by atoms with E-state index in [1.807, 2.05) is 60.7 Å². The minimum atomic E-state index is -0.772. The van der Waals surface area contributed by atoms with Crippen LogP contribution in [0.3, 0.4) is 0 Å². The Bertz CT molecular complexity index is 949. The highest BCUT2D eigenvalue weighted by Crippen LogP contribution is 2.09. The van der Waals surface area contributed by atoms with Gasteiger partial charge in [-0.05, 0) is 17.5 Å². The van der Waals surface area contributed by atoms with E-state index in [9.17, 15) is 9.59 Å². The number of ether oxygens (including phenoxy) is 1. The van der Waals surface area contributed by atoms with Crippen LogP contribution in [-0.2, 0) is 22.5 Å². The SMILES string of the molecule is Nc1nccnc1C(=O)OCC(=O)N(CCc1ccccc1)Cc1ccccc1. The summed E-state index contributed by atoms with van der Waals surface area (Å²) >= 11 is 0. The molecule has 0 fully saturated rings. The van der Waals surface area contributed by atoms with E-state index in [2.05, 4.69) is 9.97 Å². The number of hydrogen-bond acceptors (Lipinski definition) is 6. The molecule has 3 aromatic rings. The third-order valence-corrected chi connectivity index (χ3v) is 4.33. The van der Waals surface area contributed by atoms with Crippen molar-refractivity contribution in [3.05, 3.63) is 89.9 Å². The van der Waals surface area contributed by atoms with Gasteiger partial charge >= 0.3 is 5.97 Å². The second kappa shape index (κ2) is 9.98. The zero-order valence-electron chi connectivity index (χ0n) is 15.9. The molecular weight excluding hydrogens is 368 g/mol. The highest BCUT2D eigenvalue weighted by atomic mass is 16.5. The Hall–Kier alpha value is -3.74. The monoisotopic (exact) mass is 390 g/mol. The average molecular weight is 390 g/mol. The first-order chi connectivity index (χ1) is 14.1. The quantitative estimate of drug-likeness (QED) is 0.594. The van der Waals surface area contributed by atoms with Gasteiger partial charge in [-0.3, -0.25) is 4.79 Å². The van der Waals surface area contributed by atoms with Gasteiger partial charge in [0.1, 0.15) is 0 Å². The summed E-state index contributed by atoms with van der Waals surface area (Å²) in [5.41, 5.74) is 7.66. The molecule has 3 rings (SSSR count). The molecule has 2 aromatic carbocycles. The maximum atomic E-state index is 12.8. The Morgan fingerprint density at radius 2 is 1.52 bits per heavy atom. The maximum Gasteiger partial charge on any atom is 0.361 e. The second-order valence-electron chi connectivity index (χ2n) is 6.40. The predicted molar refractivity (Wildman–Crippen MR) is 109 cm³/mol. The minimum absolute atomic E-state index is 0.0323. The van der Waals surface area contributed by atoms with Crippen LogP contribution in [0.5, 0.6) is 0 Å². The van der Waals surface area contributed by atoms with Gasteiger partial charge in [-0.15, -0.1) is 0 Å². The summed E-state index contributed by atoms with van der Waals surface area (Å²) in [5, 5.41) is 0. The molecule has 1 aromatic heterocycles. The molecule has 0 spiro atoms. The number of hydrogen-bond donors (Lipinski definition) is 1. The highest BCUT2D eigenvalue weighted by Gasteiger charge is 2.19. The molecule has 0 unspecified atom stereocenters. The first-order valence-corrected chi connectivity index (χ1v) is 9.22. The van der Waals surface area contributed by atoms with E-state index in [1.165, 1.54) is 12.4 Å². The van der Waals surface area contributed by atoms with E-state index in [-0.39, 0.29) is 17.4 Å². The summed E-state index contributed by atoms with van der Waals surface area (Å²) in [6.07, 6.45) is 3.42. The van der Waals surface area contributed by atoms with Crippen LogP contribution < -0.4 is 5.73 Å². The van der Waals surface area contributed by atoms with Gasteiger partial charge in [0.15, 0.2) is 18.1 Å². The molecule has 7 nitrogen and oxygen atoms in total. The molecule has 0 aliphatic rings.